The van der Waals surface area contributed by atoms with E-state index in [2.05, 4.69) is 27.6 Å². The van der Waals surface area contributed by atoms with Crippen molar-refractivity contribution in [3.63, 3.8) is 0 Å². The van der Waals surface area contributed by atoms with Gasteiger partial charge in [-0.25, -0.2) is 13.8 Å². The fourth-order valence-corrected chi connectivity index (χ4v) is 3.39. The molecule has 3 aromatic rings. The van der Waals surface area contributed by atoms with Gasteiger partial charge in [-0.3, -0.25) is 4.79 Å². The number of carboxylic acids is 1. The van der Waals surface area contributed by atoms with Crippen molar-refractivity contribution in [2.75, 3.05) is 0 Å². The van der Waals surface area contributed by atoms with Crippen molar-refractivity contribution < 1.29 is 18.7 Å². The third-order valence-electron chi connectivity index (χ3n) is 2.91. The van der Waals surface area contributed by atoms with E-state index in [1.807, 2.05) is 11.4 Å². The predicted octanol–water partition coefficient (Wildman–Crippen LogP) is 3.73. The van der Waals surface area contributed by atoms with Crippen LogP contribution in [0.1, 0.15) is 0 Å². The number of carboxylic acid groups (broad SMARTS) is 1. The number of carbonyl (C=O) groups is 1. The summed E-state index contributed by atoms with van der Waals surface area (Å²) in [6.07, 6.45) is 0. The Bertz CT molecular complexity index is 859. The lowest BCUT2D eigenvalue weighted by Crippen LogP contribution is -2.10. The smallest absolute Gasteiger partial charge is 0.323 e. The zero-order valence-corrected chi connectivity index (χ0v) is 13.3. The zero-order valence-electron chi connectivity index (χ0n) is 10.3. The molecule has 2 aromatic heterocycles. The summed E-state index contributed by atoms with van der Waals surface area (Å²) in [4.78, 5) is 15.3. The maximum Gasteiger partial charge on any atom is 0.323 e. The molecule has 4 nitrogen and oxygen atoms in total. The lowest BCUT2D eigenvalue weighted by molar-refractivity contribution is -0.137. The molecule has 1 N–H and O–H groups in total. The first-order chi connectivity index (χ1) is 9.95. The Kier molecular flexibility index (Phi) is 3.66. The van der Waals surface area contributed by atoms with E-state index in [1.165, 1.54) is 15.9 Å². The van der Waals surface area contributed by atoms with Crippen LogP contribution in [0.15, 0.2) is 23.6 Å². The minimum Gasteiger partial charge on any atom is -0.480 e. The van der Waals surface area contributed by atoms with Crippen LogP contribution in [-0.2, 0) is 11.3 Å². The van der Waals surface area contributed by atoms with E-state index in [4.69, 9.17) is 5.11 Å². The van der Waals surface area contributed by atoms with Crippen molar-refractivity contribution in [1.29, 1.82) is 0 Å². The van der Waals surface area contributed by atoms with Crippen LogP contribution in [0.25, 0.3) is 22.4 Å². The minimum atomic E-state index is -1.08. The summed E-state index contributed by atoms with van der Waals surface area (Å²) in [5.41, 5.74) is 1.21. The SMILES string of the molecule is O=C(O)Cn1c(-c2csc(I)c2)nc2cc(F)c(F)cc21. The molecule has 108 valence electrons. The number of hydrogen-bond donors (Lipinski definition) is 1. The summed E-state index contributed by atoms with van der Waals surface area (Å²) in [5.74, 6) is -2.73. The van der Waals surface area contributed by atoms with Gasteiger partial charge < -0.3 is 9.67 Å². The number of halogens is 3. The van der Waals surface area contributed by atoms with E-state index in [0.717, 1.165) is 20.6 Å². The fraction of sp³-hybridized carbons (Fsp3) is 0.0769. The van der Waals surface area contributed by atoms with E-state index in [1.54, 1.807) is 0 Å². The Morgan fingerprint density at radius 3 is 2.67 bits per heavy atom. The maximum absolute atomic E-state index is 13.4. The second-order valence-electron chi connectivity index (χ2n) is 4.31. The summed E-state index contributed by atoms with van der Waals surface area (Å²) in [6, 6.07) is 3.79. The molecule has 0 aliphatic carbocycles. The fourth-order valence-electron chi connectivity index (χ4n) is 2.06. The summed E-state index contributed by atoms with van der Waals surface area (Å²) < 4.78 is 29.1. The van der Waals surface area contributed by atoms with Gasteiger partial charge in [-0.15, -0.1) is 11.3 Å². The molecule has 0 fully saturated rings. The van der Waals surface area contributed by atoms with Gasteiger partial charge in [0.15, 0.2) is 11.6 Å². The Morgan fingerprint density at radius 1 is 1.33 bits per heavy atom. The molecule has 0 atom stereocenters. The van der Waals surface area contributed by atoms with Crippen LogP contribution in [0.2, 0.25) is 0 Å². The van der Waals surface area contributed by atoms with Gasteiger partial charge in [-0.1, -0.05) is 0 Å². The number of nitrogens with zero attached hydrogens (tertiary/aromatic N) is 2. The molecule has 0 aliphatic heterocycles. The number of rotatable bonds is 3. The molecule has 0 saturated carbocycles. The molecule has 0 radical (unpaired) electrons. The molecule has 21 heavy (non-hydrogen) atoms. The zero-order chi connectivity index (χ0) is 15.1. The highest BCUT2D eigenvalue weighted by molar-refractivity contribution is 14.1. The highest BCUT2D eigenvalue weighted by Gasteiger charge is 2.18. The van der Waals surface area contributed by atoms with Crippen molar-refractivity contribution in [1.82, 2.24) is 9.55 Å². The van der Waals surface area contributed by atoms with Gasteiger partial charge in [0, 0.05) is 23.1 Å². The molecule has 8 heteroatoms. The van der Waals surface area contributed by atoms with Crippen LogP contribution in [-0.4, -0.2) is 20.6 Å². The lowest BCUT2D eigenvalue weighted by atomic mass is 10.3. The number of imidazole rings is 1. The topological polar surface area (TPSA) is 55.1 Å². The van der Waals surface area contributed by atoms with E-state index >= 15 is 0 Å². The van der Waals surface area contributed by atoms with Crippen molar-refractivity contribution in [2.24, 2.45) is 0 Å². The highest BCUT2D eigenvalue weighted by atomic mass is 127. The second kappa shape index (κ2) is 5.34. The van der Waals surface area contributed by atoms with Gasteiger partial charge in [-0.2, -0.15) is 0 Å². The standard InChI is InChI=1S/C13H7F2IN2O2S/c14-7-2-9-10(3-8(7)15)18(4-12(19)20)13(17-9)6-1-11(16)21-5-6/h1-3,5H,4H2,(H,19,20). The van der Waals surface area contributed by atoms with Crippen molar-refractivity contribution in [3.8, 4) is 11.4 Å². The van der Waals surface area contributed by atoms with Crippen LogP contribution >= 0.6 is 33.9 Å². The van der Waals surface area contributed by atoms with E-state index in [0.29, 0.717) is 5.82 Å². The first-order valence-corrected chi connectivity index (χ1v) is 7.73. The average molecular weight is 420 g/mol. The van der Waals surface area contributed by atoms with Gasteiger partial charge in [0.2, 0.25) is 0 Å². The molecule has 0 aliphatic rings. The van der Waals surface area contributed by atoms with E-state index in [9.17, 15) is 13.6 Å². The van der Waals surface area contributed by atoms with Crippen LogP contribution in [0.3, 0.4) is 0 Å². The lowest BCUT2D eigenvalue weighted by Gasteiger charge is -2.05. The number of aromatic nitrogens is 2. The summed E-state index contributed by atoms with van der Waals surface area (Å²) in [6.45, 7) is -0.372. The predicted molar refractivity (Wildman–Crippen MR) is 83.3 cm³/mol. The first kappa shape index (κ1) is 14.4. The Labute approximate surface area is 135 Å². The molecular weight excluding hydrogens is 413 g/mol. The van der Waals surface area contributed by atoms with Crippen LogP contribution in [0, 0.1) is 14.5 Å². The number of benzene rings is 1. The van der Waals surface area contributed by atoms with Crippen LogP contribution in [0.5, 0.6) is 0 Å². The van der Waals surface area contributed by atoms with Crippen molar-refractivity contribution in [2.45, 2.75) is 6.54 Å². The Balaban J connectivity index is 2.29. The molecule has 0 unspecified atom stereocenters. The van der Waals surface area contributed by atoms with Crippen LogP contribution in [0.4, 0.5) is 8.78 Å². The van der Waals surface area contributed by atoms with E-state index in [-0.39, 0.29) is 17.6 Å². The largest absolute Gasteiger partial charge is 0.480 e. The minimum absolute atomic E-state index is 0.228. The summed E-state index contributed by atoms with van der Waals surface area (Å²) in [5, 5.41) is 10.9. The third-order valence-corrected chi connectivity index (χ3v) is 4.70. The van der Waals surface area contributed by atoms with Gasteiger partial charge in [0.05, 0.1) is 13.9 Å². The highest BCUT2D eigenvalue weighted by Crippen LogP contribution is 2.30. The number of aliphatic carboxylic acids is 1. The first-order valence-electron chi connectivity index (χ1n) is 5.77. The molecule has 3 rings (SSSR count). The van der Waals surface area contributed by atoms with E-state index < -0.39 is 17.6 Å². The second-order valence-corrected chi connectivity index (χ2v) is 7.12. The average Bonchev–Trinajstić information content (AvgIpc) is 2.95. The van der Waals surface area contributed by atoms with Gasteiger partial charge in [0.25, 0.3) is 0 Å². The molecule has 1 aromatic carbocycles. The molecule has 0 amide bonds. The Hall–Kier alpha value is -1.55. The van der Waals surface area contributed by atoms with Gasteiger partial charge in [-0.05, 0) is 28.7 Å². The molecule has 0 bridgehead atoms. The normalized spacial score (nSPS) is 11.2. The van der Waals surface area contributed by atoms with Crippen molar-refractivity contribution in [3.05, 3.63) is 38.1 Å². The molecule has 2 heterocycles. The Morgan fingerprint density at radius 2 is 2.05 bits per heavy atom. The monoisotopic (exact) mass is 420 g/mol. The maximum atomic E-state index is 13.4. The summed E-state index contributed by atoms with van der Waals surface area (Å²) in [7, 11) is 0. The molecular formula is C13H7F2IN2O2S. The number of fused-ring (bicyclic) bond motifs is 1. The molecule has 0 spiro atoms. The number of hydrogen-bond acceptors (Lipinski definition) is 3. The van der Waals surface area contributed by atoms with Gasteiger partial charge >= 0.3 is 5.97 Å². The summed E-state index contributed by atoms with van der Waals surface area (Å²) >= 11 is 3.62. The molecule has 0 saturated heterocycles. The quantitative estimate of drug-likeness (QED) is 0.658. The van der Waals surface area contributed by atoms with Gasteiger partial charge in [0.1, 0.15) is 12.4 Å². The number of thiophene rings is 1. The van der Waals surface area contributed by atoms with Crippen molar-refractivity contribution >= 4 is 50.9 Å². The third kappa shape index (κ3) is 2.64. The van der Waals surface area contributed by atoms with Crippen LogP contribution < -0.4 is 0 Å².